The fourth-order valence-electron chi connectivity index (χ4n) is 9.11. The lowest BCUT2D eigenvalue weighted by Gasteiger charge is -2.50. The molecule has 2 heterocycles. The molecular weight excluding hydrogens is 717 g/mol. The highest BCUT2D eigenvalue weighted by Gasteiger charge is 2.70. The number of fused-ring (bicyclic) bond motifs is 4. The highest BCUT2D eigenvalue weighted by atomic mass is 35.5. The van der Waals surface area contributed by atoms with Crippen molar-refractivity contribution in [2.75, 3.05) is 19.1 Å². The van der Waals surface area contributed by atoms with Gasteiger partial charge in [0.1, 0.15) is 17.2 Å². The molecule has 8 rings (SSSR count). The van der Waals surface area contributed by atoms with Gasteiger partial charge in [0, 0.05) is 23.0 Å². The van der Waals surface area contributed by atoms with E-state index in [-0.39, 0.29) is 53.4 Å². The molecule has 12 heteroatoms. The van der Waals surface area contributed by atoms with Gasteiger partial charge in [-0.25, -0.2) is 0 Å². The molecule has 0 bridgehead atoms. The van der Waals surface area contributed by atoms with Crippen LogP contribution in [0.5, 0.6) is 17.2 Å². The van der Waals surface area contributed by atoms with Gasteiger partial charge in [-0.15, -0.1) is 0 Å². The average molecular weight is 753 g/mol. The lowest BCUT2D eigenvalue weighted by molar-refractivity contribution is -0.141. The molecule has 6 atom stereocenters. The molecule has 53 heavy (non-hydrogen) atoms. The van der Waals surface area contributed by atoms with Crippen LogP contribution in [0.2, 0.25) is 10.0 Å². The zero-order valence-electron chi connectivity index (χ0n) is 28.5. The Hall–Kier alpha value is -5.32. The number of hydrazine groups is 1. The van der Waals surface area contributed by atoms with Crippen molar-refractivity contribution in [3.8, 4) is 17.2 Å². The first kappa shape index (κ1) is 34.7. The number of phenols is 2. The number of aromatic hydroxyl groups is 2. The maximum absolute atomic E-state index is 15.3. The third kappa shape index (κ3) is 5.46. The number of hydrogen-bond acceptors (Lipinski definition) is 8. The molecule has 0 unspecified atom stereocenters. The number of halogens is 2. The maximum Gasteiger partial charge on any atom is 0.260 e. The third-order valence-corrected chi connectivity index (χ3v) is 12.0. The fraction of sp³-hybridized carbons (Fsp3) is 0.268. The van der Waals surface area contributed by atoms with E-state index in [9.17, 15) is 24.6 Å². The Balaban J connectivity index is 1.26. The Morgan fingerprint density at radius 2 is 1.60 bits per heavy atom. The van der Waals surface area contributed by atoms with Gasteiger partial charge < -0.3 is 14.9 Å². The normalized spacial score (nSPS) is 26.2. The first-order valence-corrected chi connectivity index (χ1v) is 18.2. The van der Waals surface area contributed by atoms with Gasteiger partial charge in [-0.1, -0.05) is 77.3 Å². The molecule has 4 aromatic rings. The number of carbonyl (C=O) groups is 4. The van der Waals surface area contributed by atoms with Crippen molar-refractivity contribution < 1.29 is 34.1 Å². The number of para-hydroxylation sites is 1. The molecule has 270 valence electrons. The van der Waals surface area contributed by atoms with Crippen molar-refractivity contribution in [2.45, 2.75) is 30.6 Å². The van der Waals surface area contributed by atoms with Gasteiger partial charge in [0.2, 0.25) is 11.8 Å². The molecule has 2 aliphatic heterocycles. The minimum Gasteiger partial charge on any atom is -0.508 e. The van der Waals surface area contributed by atoms with Crippen LogP contribution in [0.4, 0.5) is 5.69 Å². The van der Waals surface area contributed by atoms with Crippen molar-refractivity contribution in [1.82, 2.24) is 9.91 Å². The number of hydrogen-bond donors (Lipinski definition) is 3. The van der Waals surface area contributed by atoms with Gasteiger partial charge in [0.05, 0.1) is 41.0 Å². The first-order valence-electron chi connectivity index (χ1n) is 17.4. The number of methoxy groups -OCH3 is 1. The Bertz CT molecular complexity index is 2190. The number of allylic oxidation sites excluding steroid dienone is 2. The van der Waals surface area contributed by atoms with Gasteiger partial charge in [0.15, 0.2) is 0 Å². The zero-order chi connectivity index (χ0) is 37.2. The molecule has 1 saturated carbocycles. The van der Waals surface area contributed by atoms with E-state index in [0.29, 0.717) is 28.3 Å². The molecule has 2 aliphatic carbocycles. The quantitative estimate of drug-likeness (QED) is 0.135. The van der Waals surface area contributed by atoms with Crippen LogP contribution in [-0.4, -0.2) is 57.4 Å². The van der Waals surface area contributed by atoms with Crippen LogP contribution in [-0.2, 0) is 31.0 Å². The number of imide groups is 2. The van der Waals surface area contributed by atoms with Crippen LogP contribution >= 0.6 is 23.2 Å². The topological polar surface area (TPSA) is 136 Å². The monoisotopic (exact) mass is 751 g/mol. The van der Waals surface area contributed by atoms with E-state index in [1.165, 1.54) is 18.1 Å². The first-order chi connectivity index (χ1) is 25.5. The van der Waals surface area contributed by atoms with E-state index < -0.39 is 46.8 Å². The largest absolute Gasteiger partial charge is 0.508 e. The fourth-order valence-corrected chi connectivity index (χ4v) is 9.56. The standard InChI is InChI=1S/C41H35Cl2N3O7/c1-53-26-13-8-23(9-14-26)41-31(38(50)46(40(41)52)44-33-17-10-24(42)20-32(33)43)21-30-27(36(41)28-4-2-3-5-34(28)48)15-16-29-35(30)39(51)45(37(29)49)19-18-22-6-11-25(47)12-7-22/h2-15,17,20,29-31,35-36,44,47-48H,16,18-19,21H2,1H3/t29-,30+,31-,35-,36+,41+/m0/s1. The van der Waals surface area contributed by atoms with E-state index in [1.54, 1.807) is 84.9 Å². The second kappa shape index (κ2) is 13.3. The number of ether oxygens (including phenoxy) is 1. The molecule has 2 saturated heterocycles. The zero-order valence-corrected chi connectivity index (χ0v) is 30.1. The van der Waals surface area contributed by atoms with E-state index in [1.807, 2.05) is 6.08 Å². The molecule has 3 fully saturated rings. The summed E-state index contributed by atoms with van der Waals surface area (Å²) in [5.74, 6) is -4.94. The van der Waals surface area contributed by atoms with E-state index in [4.69, 9.17) is 27.9 Å². The number of carbonyl (C=O) groups excluding carboxylic acids is 4. The van der Waals surface area contributed by atoms with Gasteiger partial charge in [-0.3, -0.25) is 29.5 Å². The van der Waals surface area contributed by atoms with Crippen molar-refractivity contribution >= 4 is 52.5 Å². The van der Waals surface area contributed by atoms with Crippen LogP contribution in [0.3, 0.4) is 0 Å². The third-order valence-electron chi connectivity index (χ3n) is 11.5. The predicted molar refractivity (Wildman–Crippen MR) is 197 cm³/mol. The second-order valence-electron chi connectivity index (χ2n) is 14.0. The van der Waals surface area contributed by atoms with Crippen molar-refractivity contribution in [3.05, 3.63) is 129 Å². The molecule has 4 aromatic carbocycles. The summed E-state index contributed by atoms with van der Waals surface area (Å²) in [5.41, 5.74) is 4.24. The number of phenolic OH excluding ortho intramolecular Hbond substituents is 2. The summed E-state index contributed by atoms with van der Waals surface area (Å²) in [6, 6.07) is 25.0. The van der Waals surface area contributed by atoms with Gasteiger partial charge >= 0.3 is 0 Å². The van der Waals surface area contributed by atoms with Crippen molar-refractivity contribution in [3.63, 3.8) is 0 Å². The number of likely N-dealkylation sites (tertiary alicyclic amines) is 1. The highest BCUT2D eigenvalue weighted by molar-refractivity contribution is 6.36. The van der Waals surface area contributed by atoms with E-state index in [0.717, 1.165) is 16.1 Å². The number of anilines is 1. The van der Waals surface area contributed by atoms with Crippen LogP contribution in [0.25, 0.3) is 0 Å². The predicted octanol–water partition coefficient (Wildman–Crippen LogP) is 6.64. The van der Waals surface area contributed by atoms with Crippen LogP contribution in [0, 0.1) is 23.7 Å². The van der Waals surface area contributed by atoms with Gasteiger partial charge in [-0.2, -0.15) is 5.01 Å². The Kier molecular flexibility index (Phi) is 8.70. The Morgan fingerprint density at radius 1 is 0.868 bits per heavy atom. The summed E-state index contributed by atoms with van der Waals surface area (Å²) >= 11 is 12.7. The molecular formula is C41H35Cl2N3O7. The minimum absolute atomic E-state index is 0.0652. The lowest BCUT2D eigenvalue weighted by atomic mass is 9.49. The SMILES string of the molecule is COc1ccc([C@@]23C(=O)N(Nc4ccc(Cl)cc4Cl)C(=O)[C@@H]2C[C@@H]2C(=CC[C@@H]4C(=O)N(CCc5ccc(O)cc5)C(=O)[C@@H]42)[C@@H]3c2ccccc2O)cc1. The van der Waals surface area contributed by atoms with Gasteiger partial charge in [0.25, 0.3) is 11.8 Å². The average Bonchev–Trinajstić information content (AvgIpc) is 3.53. The summed E-state index contributed by atoms with van der Waals surface area (Å²) in [6.07, 6.45) is 2.72. The second-order valence-corrected chi connectivity index (χ2v) is 14.9. The number of nitrogens with zero attached hydrogens (tertiary/aromatic N) is 2. The summed E-state index contributed by atoms with van der Waals surface area (Å²) in [6.45, 7) is 0.163. The number of nitrogens with one attached hydrogen (secondary N) is 1. The summed E-state index contributed by atoms with van der Waals surface area (Å²) in [4.78, 5) is 59.8. The Labute approximate surface area is 315 Å². The molecule has 0 spiro atoms. The van der Waals surface area contributed by atoms with Crippen LogP contribution in [0.1, 0.15) is 35.4 Å². The molecule has 0 aromatic heterocycles. The number of rotatable bonds is 8. The summed E-state index contributed by atoms with van der Waals surface area (Å²) in [7, 11) is 1.54. The smallest absolute Gasteiger partial charge is 0.260 e. The summed E-state index contributed by atoms with van der Waals surface area (Å²) < 4.78 is 5.45. The van der Waals surface area contributed by atoms with Crippen molar-refractivity contribution in [2.24, 2.45) is 23.7 Å². The molecule has 4 amide bonds. The molecule has 10 nitrogen and oxygen atoms in total. The number of amides is 4. The minimum atomic E-state index is -1.58. The maximum atomic E-state index is 15.3. The van der Waals surface area contributed by atoms with E-state index >= 15 is 4.79 Å². The molecule has 4 aliphatic rings. The van der Waals surface area contributed by atoms with Gasteiger partial charge in [-0.05, 0) is 84.8 Å². The number of benzene rings is 4. The molecule has 0 radical (unpaired) electrons. The molecule has 3 N–H and O–H groups in total. The Morgan fingerprint density at radius 3 is 2.30 bits per heavy atom. The van der Waals surface area contributed by atoms with Crippen LogP contribution < -0.4 is 10.2 Å². The van der Waals surface area contributed by atoms with E-state index in [2.05, 4.69) is 5.43 Å². The highest BCUT2D eigenvalue weighted by Crippen LogP contribution is 2.65. The van der Waals surface area contributed by atoms with Crippen molar-refractivity contribution in [1.29, 1.82) is 0 Å². The lowest BCUT2D eigenvalue weighted by Crippen LogP contribution is -2.53. The van der Waals surface area contributed by atoms with Crippen LogP contribution in [0.15, 0.2) is 103 Å². The summed E-state index contributed by atoms with van der Waals surface area (Å²) in [5, 5.41) is 22.8.